The van der Waals surface area contributed by atoms with Crippen LogP contribution in [-0.2, 0) is 18.5 Å². The van der Waals surface area contributed by atoms with Gasteiger partial charge >= 0.3 is 18.5 Å². The van der Waals surface area contributed by atoms with Crippen molar-refractivity contribution in [3.05, 3.63) is 172 Å². The molecule has 304 valence electrons. The minimum atomic E-state index is -4.80. The minimum absolute atomic E-state index is 0.0336. The summed E-state index contributed by atoms with van der Waals surface area (Å²) in [6.07, 6.45) is -14.3. The summed E-state index contributed by atoms with van der Waals surface area (Å²) < 4.78 is 132. The van der Waals surface area contributed by atoms with E-state index in [2.05, 4.69) is 4.85 Å². The van der Waals surface area contributed by atoms with Gasteiger partial charge in [-0.05, 0) is 128 Å². The van der Waals surface area contributed by atoms with Crippen LogP contribution in [0.4, 0.5) is 45.2 Å². The highest BCUT2D eigenvalue weighted by atomic mass is 19.4. The molecule has 0 aliphatic heterocycles. The maximum absolute atomic E-state index is 14.7. The van der Waals surface area contributed by atoms with Crippen LogP contribution in [0.1, 0.15) is 33.4 Å². The van der Waals surface area contributed by atoms with Crippen molar-refractivity contribution in [3.8, 4) is 33.6 Å². The lowest BCUT2D eigenvalue weighted by Gasteiger charge is -2.22. The molecular weight excluding hydrogens is 802 g/mol. The first kappa shape index (κ1) is 39.5. The lowest BCUT2D eigenvalue weighted by molar-refractivity contribution is -0.138. The molecule has 0 atom stereocenters. The molecule has 0 saturated heterocycles. The van der Waals surface area contributed by atoms with Crippen LogP contribution >= 0.6 is 0 Å². The minimum Gasteiger partial charge on any atom is -0.309 e. The van der Waals surface area contributed by atoms with Gasteiger partial charge in [-0.3, -0.25) is 0 Å². The summed E-state index contributed by atoms with van der Waals surface area (Å²) in [5.74, 6) is 0. The zero-order valence-electron chi connectivity index (χ0n) is 32.4. The Balaban J connectivity index is 1.43. The molecule has 61 heavy (non-hydrogen) atoms. The van der Waals surface area contributed by atoms with Crippen molar-refractivity contribution in [1.29, 1.82) is 0 Å². The Hall–Kier alpha value is -7.00. The fourth-order valence-corrected chi connectivity index (χ4v) is 8.54. The third kappa shape index (κ3) is 6.56. The summed E-state index contributed by atoms with van der Waals surface area (Å²) in [5.41, 5.74) is 3.04. The van der Waals surface area contributed by atoms with Crippen LogP contribution < -0.4 is 0 Å². The number of aromatic nitrogens is 2. The second-order valence-corrected chi connectivity index (χ2v) is 15.2. The topological polar surface area (TPSA) is 14.2 Å². The lowest BCUT2D eigenvalue weighted by Crippen LogP contribution is -2.08. The van der Waals surface area contributed by atoms with Crippen LogP contribution in [0.25, 0.3) is 82.1 Å². The molecule has 9 rings (SSSR count). The van der Waals surface area contributed by atoms with Crippen molar-refractivity contribution in [1.82, 2.24) is 9.13 Å². The Kier molecular flexibility index (Phi) is 8.91. The molecule has 3 nitrogen and oxygen atoms in total. The molecule has 9 aromatic rings. The molecule has 0 saturated carbocycles. The zero-order valence-corrected chi connectivity index (χ0v) is 32.4. The van der Waals surface area contributed by atoms with Crippen molar-refractivity contribution in [2.45, 2.75) is 39.3 Å². The van der Waals surface area contributed by atoms with E-state index in [-0.39, 0.29) is 38.6 Å². The number of nitrogens with zero attached hydrogens (tertiary/aromatic N) is 3. The Morgan fingerprint density at radius 3 is 1.48 bits per heavy atom. The average molecular weight is 832 g/mol. The maximum Gasteiger partial charge on any atom is 0.417 e. The fraction of sp³-hybridized carbons (Fsp3) is 0.122. The molecule has 0 radical (unpaired) electrons. The third-order valence-electron chi connectivity index (χ3n) is 11.2. The van der Waals surface area contributed by atoms with Crippen molar-refractivity contribution in [2.24, 2.45) is 0 Å². The van der Waals surface area contributed by atoms with E-state index < -0.39 is 35.2 Å². The van der Waals surface area contributed by atoms with Crippen LogP contribution in [0.5, 0.6) is 0 Å². The van der Waals surface area contributed by atoms with Gasteiger partial charge in [0.15, 0.2) is 5.69 Å². The van der Waals surface area contributed by atoms with E-state index in [1.807, 2.05) is 54.8 Å². The Labute approximate surface area is 342 Å². The van der Waals surface area contributed by atoms with Gasteiger partial charge in [-0.1, -0.05) is 53.6 Å². The van der Waals surface area contributed by atoms with E-state index in [0.717, 1.165) is 63.3 Å². The van der Waals surface area contributed by atoms with Gasteiger partial charge in [0.25, 0.3) is 0 Å². The number of alkyl halides is 9. The molecule has 12 heteroatoms. The van der Waals surface area contributed by atoms with Crippen molar-refractivity contribution in [2.75, 3.05) is 0 Å². The smallest absolute Gasteiger partial charge is 0.309 e. The summed E-state index contributed by atoms with van der Waals surface area (Å²) in [6.45, 7) is 13.5. The molecule has 0 aliphatic carbocycles. The third-order valence-corrected chi connectivity index (χ3v) is 11.2. The second-order valence-electron chi connectivity index (χ2n) is 15.2. The van der Waals surface area contributed by atoms with Crippen LogP contribution in [0.2, 0.25) is 0 Å². The van der Waals surface area contributed by atoms with E-state index in [1.54, 1.807) is 47.9 Å². The van der Waals surface area contributed by atoms with Gasteiger partial charge in [0, 0.05) is 27.1 Å². The molecule has 7 aromatic carbocycles. The average Bonchev–Trinajstić information content (AvgIpc) is 3.70. The van der Waals surface area contributed by atoms with Crippen LogP contribution in [0.15, 0.2) is 127 Å². The molecule has 0 aliphatic rings. The van der Waals surface area contributed by atoms with E-state index in [0.29, 0.717) is 28.1 Å². The van der Waals surface area contributed by atoms with Gasteiger partial charge in [0.1, 0.15) is 0 Å². The summed E-state index contributed by atoms with van der Waals surface area (Å²) in [5, 5.41) is 1.58. The number of halogens is 9. The molecule has 0 bridgehead atoms. The monoisotopic (exact) mass is 831 g/mol. The highest BCUT2D eigenvalue weighted by molar-refractivity contribution is 6.12. The standard InChI is InChI=1S/C49H30F9N3/c1-26-8-15-40-34(20-26)35-21-27(2)9-16-41(35)61(40)45-22-29(46-28(3)6-5-7-39(46)49(56,57)58)10-14-33(45)38-25-32(59-4)13-19-44(38)60-42-17-11-30(47(50,51)52)23-36(42)37-24-31(48(53,54)55)12-18-43(37)60/h5-25H,1-3H3. The molecule has 2 heterocycles. The molecule has 0 amide bonds. The van der Waals surface area contributed by atoms with Crippen LogP contribution in [0, 0.1) is 27.3 Å². The first-order chi connectivity index (χ1) is 28.8. The first-order valence-corrected chi connectivity index (χ1v) is 18.9. The molecular formula is C49H30F9N3. The molecule has 0 unspecified atom stereocenters. The lowest BCUT2D eigenvalue weighted by atomic mass is 9.91. The Morgan fingerprint density at radius 1 is 0.459 bits per heavy atom. The zero-order chi connectivity index (χ0) is 43.3. The summed E-state index contributed by atoms with van der Waals surface area (Å²) in [6, 6.07) is 31.0. The van der Waals surface area contributed by atoms with Crippen LogP contribution in [0.3, 0.4) is 0 Å². The van der Waals surface area contributed by atoms with Gasteiger partial charge < -0.3 is 9.13 Å². The predicted octanol–water partition coefficient (Wildman–Crippen LogP) is 15.7. The van der Waals surface area contributed by atoms with E-state index in [1.165, 1.54) is 24.3 Å². The number of hydrogen-bond acceptors (Lipinski definition) is 0. The molecule has 0 spiro atoms. The highest BCUT2D eigenvalue weighted by Gasteiger charge is 2.36. The van der Waals surface area contributed by atoms with Gasteiger partial charge in [0.2, 0.25) is 0 Å². The number of fused-ring (bicyclic) bond motifs is 6. The maximum atomic E-state index is 14.7. The van der Waals surface area contributed by atoms with E-state index >= 15 is 0 Å². The molecule has 0 fully saturated rings. The number of aryl methyl sites for hydroxylation is 3. The van der Waals surface area contributed by atoms with Crippen molar-refractivity contribution >= 4 is 49.3 Å². The van der Waals surface area contributed by atoms with E-state index in [4.69, 9.17) is 6.57 Å². The fourth-order valence-electron chi connectivity index (χ4n) is 8.54. The normalized spacial score (nSPS) is 12.6. The number of benzene rings is 7. The first-order valence-electron chi connectivity index (χ1n) is 18.9. The van der Waals surface area contributed by atoms with Gasteiger partial charge in [0.05, 0.1) is 56.7 Å². The predicted molar refractivity (Wildman–Crippen MR) is 221 cm³/mol. The Bertz CT molecular complexity index is 3190. The molecule has 2 aromatic heterocycles. The summed E-state index contributed by atoms with van der Waals surface area (Å²) >= 11 is 0. The van der Waals surface area contributed by atoms with Crippen molar-refractivity contribution in [3.63, 3.8) is 0 Å². The summed E-state index contributed by atoms with van der Waals surface area (Å²) in [7, 11) is 0. The second kappa shape index (κ2) is 13.8. The molecule has 0 N–H and O–H groups in total. The Morgan fingerprint density at radius 2 is 0.967 bits per heavy atom. The van der Waals surface area contributed by atoms with Gasteiger partial charge in [-0.2, -0.15) is 39.5 Å². The number of hydrogen-bond donors (Lipinski definition) is 0. The largest absolute Gasteiger partial charge is 0.417 e. The van der Waals surface area contributed by atoms with E-state index in [9.17, 15) is 39.5 Å². The highest BCUT2D eigenvalue weighted by Crippen LogP contribution is 2.47. The van der Waals surface area contributed by atoms with Crippen molar-refractivity contribution < 1.29 is 39.5 Å². The van der Waals surface area contributed by atoms with Gasteiger partial charge in [-0.15, -0.1) is 0 Å². The SMILES string of the molecule is [C-]#[N+]c1ccc(-n2c3ccc(C(F)(F)F)cc3c3cc(C(F)(F)F)ccc32)c(-c2ccc(-c3c(C)cccc3C(F)(F)F)cc2-n2c3ccc(C)cc3c3cc(C)ccc32)c1. The quantitative estimate of drug-likeness (QED) is 0.124. The number of rotatable bonds is 4. The van der Waals surface area contributed by atoms with Crippen LogP contribution in [-0.4, -0.2) is 9.13 Å². The van der Waals surface area contributed by atoms with Gasteiger partial charge in [-0.25, -0.2) is 4.85 Å². The summed E-state index contributed by atoms with van der Waals surface area (Å²) in [4.78, 5) is 3.67.